The number of hydrogen-bond acceptors (Lipinski definition) is 4. The molecular formula is C18H25N5OS. The Morgan fingerprint density at radius 1 is 1.28 bits per heavy atom. The topological polar surface area (TPSA) is 78.4 Å². The quantitative estimate of drug-likeness (QED) is 0.547. The van der Waals surface area contributed by atoms with E-state index in [-0.39, 0.29) is 12.5 Å². The van der Waals surface area contributed by atoms with Crippen molar-refractivity contribution in [1.29, 1.82) is 0 Å². The SMILES string of the molecule is CCc1cccc(NC(=O)CNC(=NC)NCc2nc(C)c(C)s2)c1. The lowest BCUT2D eigenvalue weighted by atomic mass is 10.1. The van der Waals surface area contributed by atoms with Gasteiger partial charge in [-0.05, 0) is 38.0 Å². The van der Waals surface area contributed by atoms with Crippen LogP contribution in [0.3, 0.4) is 0 Å². The summed E-state index contributed by atoms with van der Waals surface area (Å²) in [5, 5.41) is 10.1. The molecule has 0 atom stereocenters. The molecule has 0 aliphatic heterocycles. The molecule has 0 saturated carbocycles. The molecule has 1 aromatic carbocycles. The molecule has 0 unspecified atom stereocenters. The Morgan fingerprint density at radius 2 is 2.08 bits per heavy atom. The molecule has 0 bridgehead atoms. The summed E-state index contributed by atoms with van der Waals surface area (Å²) in [5.74, 6) is 0.458. The monoisotopic (exact) mass is 359 g/mol. The number of carbonyl (C=O) groups excluding carboxylic acids is 1. The Labute approximate surface area is 152 Å². The van der Waals surface area contributed by atoms with E-state index in [0.717, 1.165) is 22.8 Å². The second-order valence-corrected chi connectivity index (χ2v) is 6.92. The largest absolute Gasteiger partial charge is 0.350 e. The zero-order valence-electron chi connectivity index (χ0n) is 15.1. The van der Waals surface area contributed by atoms with E-state index in [9.17, 15) is 4.79 Å². The van der Waals surface area contributed by atoms with E-state index in [2.05, 4.69) is 39.8 Å². The normalized spacial score (nSPS) is 11.3. The van der Waals surface area contributed by atoms with Gasteiger partial charge in [-0.1, -0.05) is 19.1 Å². The maximum atomic E-state index is 12.1. The maximum Gasteiger partial charge on any atom is 0.243 e. The number of aryl methyl sites for hydroxylation is 3. The zero-order chi connectivity index (χ0) is 18.2. The third-order valence-corrected chi connectivity index (χ3v) is 4.81. The minimum absolute atomic E-state index is 0.114. The molecule has 2 rings (SSSR count). The van der Waals surface area contributed by atoms with Crippen molar-refractivity contribution < 1.29 is 4.79 Å². The number of nitrogens with zero attached hydrogens (tertiary/aromatic N) is 2. The van der Waals surface area contributed by atoms with Crippen LogP contribution in [0.25, 0.3) is 0 Å². The molecule has 0 radical (unpaired) electrons. The van der Waals surface area contributed by atoms with E-state index < -0.39 is 0 Å². The van der Waals surface area contributed by atoms with Gasteiger partial charge in [0.2, 0.25) is 5.91 Å². The Morgan fingerprint density at radius 3 is 2.72 bits per heavy atom. The minimum atomic E-state index is -0.114. The van der Waals surface area contributed by atoms with E-state index in [4.69, 9.17) is 0 Å². The highest BCUT2D eigenvalue weighted by Gasteiger charge is 2.07. The average Bonchev–Trinajstić information content (AvgIpc) is 2.93. The number of rotatable bonds is 6. The molecule has 0 aliphatic rings. The van der Waals surface area contributed by atoms with E-state index in [1.165, 1.54) is 10.4 Å². The van der Waals surface area contributed by atoms with E-state index in [0.29, 0.717) is 12.5 Å². The maximum absolute atomic E-state index is 12.1. The van der Waals surface area contributed by atoms with Gasteiger partial charge in [-0.25, -0.2) is 4.98 Å². The molecule has 1 amide bonds. The number of guanidine groups is 1. The molecule has 0 saturated heterocycles. The van der Waals surface area contributed by atoms with Gasteiger partial charge in [0.05, 0.1) is 18.8 Å². The fraction of sp³-hybridized carbons (Fsp3) is 0.389. The number of aliphatic imine (C=N–C) groups is 1. The van der Waals surface area contributed by atoms with Crippen molar-refractivity contribution in [3.8, 4) is 0 Å². The number of anilines is 1. The number of thiazole rings is 1. The number of aromatic nitrogens is 1. The third-order valence-electron chi connectivity index (χ3n) is 3.74. The summed E-state index contributed by atoms with van der Waals surface area (Å²) in [6.45, 7) is 6.87. The van der Waals surface area contributed by atoms with Crippen LogP contribution >= 0.6 is 11.3 Å². The molecule has 0 fully saturated rings. The van der Waals surface area contributed by atoms with Gasteiger partial charge >= 0.3 is 0 Å². The highest BCUT2D eigenvalue weighted by Crippen LogP contribution is 2.15. The van der Waals surface area contributed by atoms with Gasteiger partial charge in [-0.2, -0.15) is 0 Å². The highest BCUT2D eigenvalue weighted by molar-refractivity contribution is 7.11. The molecule has 3 N–H and O–H groups in total. The number of hydrogen-bond donors (Lipinski definition) is 3. The number of benzene rings is 1. The molecule has 134 valence electrons. The van der Waals surface area contributed by atoms with Crippen LogP contribution in [0.15, 0.2) is 29.3 Å². The smallest absolute Gasteiger partial charge is 0.243 e. The lowest BCUT2D eigenvalue weighted by molar-refractivity contribution is -0.115. The van der Waals surface area contributed by atoms with Crippen molar-refractivity contribution in [3.05, 3.63) is 45.4 Å². The average molecular weight is 359 g/mol. The van der Waals surface area contributed by atoms with E-state index >= 15 is 0 Å². The van der Waals surface area contributed by atoms with Crippen LogP contribution in [-0.2, 0) is 17.8 Å². The van der Waals surface area contributed by atoms with Crippen LogP contribution in [0.4, 0.5) is 5.69 Å². The van der Waals surface area contributed by atoms with Gasteiger partial charge < -0.3 is 16.0 Å². The van der Waals surface area contributed by atoms with Gasteiger partial charge in [0, 0.05) is 17.6 Å². The van der Waals surface area contributed by atoms with Crippen LogP contribution in [0, 0.1) is 13.8 Å². The fourth-order valence-corrected chi connectivity index (χ4v) is 3.11. The number of amides is 1. The van der Waals surface area contributed by atoms with Crippen LogP contribution in [0.1, 0.15) is 28.1 Å². The minimum Gasteiger partial charge on any atom is -0.350 e. The van der Waals surface area contributed by atoms with Crippen molar-refractivity contribution in [2.75, 3.05) is 18.9 Å². The van der Waals surface area contributed by atoms with Gasteiger partial charge in [-0.3, -0.25) is 9.79 Å². The van der Waals surface area contributed by atoms with Gasteiger partial charge in [0.1, 0.15) is 5.01 Å². The lowest BCUT2D eigenvalue weighted by Crippen LogP contribution is -2.41. The van der Waals surface area contributed by atoms with Crippen molar-refractivity contribution in [2.24, 2.45) is 4.99 Å². The molecule has 7 heteroatoms. The van der Waals surface area contributed by atoms with Crippen LogP contribution < -0.4 is 16.0 Å². The Bertz CT molecular complexity index is 734. The number of nitrogens with one attached hydrogen (secondary N) is 3. The van der Waals surface area contributed by atoms with Crippen molar-refractivity contribution >= 4 is 28.9 Å². The van der Waals surface area contributed by atoms with Crippen LogP contribution in [0.2, 0.25) is 0 Å². The second kappa shape index (κ2) is 9.17. The summed E-state index contributed by atoms with van der Waals surface area (Å²) in [7, 11) is 1.68. The first-order valence-corrected chi connectivity index (χ1v) is 9.09. The first kappa shape index (κ1) is 18.9. The molecule has 0 spiro atoms. The molecule has 1 aromatic heterocycles. The fourth-order valence-electron chi connectivity index (χ4n) is 2.23. The molecule has 2 aromatic rings. The van der Waals surface area contributed by atoms with E-state index in [1.54, 1.807) is 18.4 Å². The summed E-state index contributed by atoms with van der Waals surface area (Å²) < 4.78 is 0. The molecule has 0 aliphatic carbocycles. The van der Waals surface area contributed by atoms with Crippen LogP contribution in [-0.4, -0.2) is 30.4 Å². The van der Waals surface area contributed by atoms with Crippen molar-refractivity contribution in [3.63, 3.8) is 0 Å². The summed E-state index contributed by atoms with van der Waals surface area (Å²) in [5.41, 5.74) is 3.05. The van der Waals surface area contributed by atoms with Crippen molar-refractivity contribution in [1.82, 2.24) is 15.6 Å². The Balaban J connectivity index is 1.80. The predicted octanol–water partition coefficient (Wildman–Crippen LogP) is 2.63. The summed E-state index contributed by atoms with van der Waals surface area (Å²) in [6, 6.07) is 7.86. The first-order chi connectivity index (χ1) is 12.0. The Kier molecular flexibility index (Phi) is 6.94. The molecule has 6 nitrogen and oxygen atoms in total. The summed E-state index contributed by atoms with van der Waals surface area (Å²) in [6.07, 6.45) is 0.939. The summed E-state index contributed by atoms with van der Waals surface area (Å²) in [4.78, 5) is 21.9. The zero-order valence-corrected chi connectivity index (χ0v) is 16.0. The number of carbonyl (C=O) groups is 1. The van der Waals surface area contributed by atoms with E-state index in [1.807, 2.05) is 31.2 Å². The predicted molar refractivity (Wildman–Crippen MR) is 104 cm³/mol. The standard InChI is InChI=1S/C18H25N5OS/c1-5-14-7-6-8-15(9-14)23-16(24)10-20-18(19-4)21-11-17-22-12(2)13(3)25-17/h6-9H,5,10-11H2,1-4H3,(H,23,24)(H2,19,20,21). The van der Waals surface area contributed by atoms with Crippen LogP contribution in [0.5, 0.6) is 0 Å². The molecule has 25 heavy (non-hydrogen) atoms. The highest BCUT2D eigenvalue weighted by atomic mass is 32.1. The van der Waals surface area contributed by atoms with Gasteiger partial charge in [0.15, 0.2) is 5.96 Å². The third kappa shape index (κ3) is 5.86. The van der Waals surface area contributed by atoms with Crippen molar-refractivity contribution in [2.45, 2.75) is 33.7 Å². The lowest BCUT2D eigenvalue weighted by Gasteiger charge is -2.11. The molecule has 1 heterocycles. The first-order valence-electron chi connectivity index (χ1n) is 8.28. The Hall–Kier alpha value is -2.41. The summed E-state index contributed by atoms with van der Waals surface area (Å²) >= 11 is 1.66. The van der Waals surface area contributed by atoms with Gasteiger partial charge in [-0.15, -0.1) is 11.3 Å². The second-order valence-electron chi connectivity index (χ2n) is 5.63. The van der Waals surface area contributed by atoms with Gasteiger partial charge in [0.25, 0.3) is 0 Å². The molecular weight excluding hydrogens is 334 g/mol.